The number of rotatable bonds is 6. The Morgan fingerprint density at radius 1 is 1.09 bits per heavy atom. The van der Waals surface area contributed by atoms with E-state index in [4.69, 9.17) is 9.72 Å². The molecular formula is C24H22F2N4O3. The topological polar surface area (TPSA) is 78.3 Å². The largest absolute Gasteiger partial charge is 0.493 e. The summed E-state index contributed by atoms with van der Waals surface area (Å²) in [4.78, 5) is 18.1. The highest BCUT2D eigenvalue weighted by Gasteiger charge is 2.19. The summed E-state index contributed by atoms with van der Waals surface area (Å²) in [7, 11) is 3.19. The molecule has 0 spiro atoms. The first-order chi connectivity index (χ1) is 15.8. The number of aryl methyl sites for hydroxylation is 2. The Kier molecular flexibility index (Phi) is 5.95. The number of para-hydroxylation sites is 1. The maximum absolute atomic E-state index is 13.3. The van der Waals surface area contributed by atoms with E-state index < -0.39 is 6.61 Å². The number of hydrogen-bond donors (Lipinski definition) is 1. The molecule has 0 fully saturated rings. The number of amides is 1. The first-order valence-electron chi connectivity index (χ1n) is 10.1. The molecule has 0 aliphatic carbocycles. The zero-order valence-corrected chi connectivity index (χ0v) is 18.5. The number of halogens is 2. The molecule has 9 heteroatoms. The van der Waals surface area contributed by atoms with E-state index in [0.29, 0.717) is 27.8 Å². The van der Waals surface area contributed by atoms with Gasteiger partial charge in [0.05, 0.1) is 29.6 Å². The number of ether oxygens (including phenoxy) is 2. The van der Waals surface area contributed by atoms with Crippen molar-refractivity contribution in [1.82, 2.24) is 14.8 Å². The van der Waals surface area contributed by atoms with Crippen LogP contribution in [0.2, 0.25) is 0 Å². The van der Waals surface area contributed by atoms with Gasteiger partial charge in [0, 0.05) is 35.4 Å². The lowest BCUT2D eigenvalue weighted by Crippen LogP contribution is -2.13. The van der Waals surface area contributed by atoms with Crippen molar-refractivity contribution in [3.63, 3.8) is 0 Å². The second kappa shape index (κ2) is 8.85. The number of carbonyl (C=O) groups is 1. The number of alkyl halides is 2. The average molecular weight is 452 g/mol. The van der Waals surface area contributed by atoms with Gasteiger partial charge in [-0.15, -0.1) is 0 Å². The van der Waals surface area contributed by atoms with Gasteiger partial charge in [-0.2, -0.15) is 13.9 Å². The first-order valence-corrected chi connectivity index (χ1v) is 10.1. The van der Waals surface area contributed by atoms with Gasteiger partial charge >= 0.3 is 6.61 Å². The number of anilines is 1. The minimum Gasteiger partial charge on any atom is -0.493 e. The number of aromatic nitrogens is 3. The Hall–Kier alpha value is -4.01. The minimum atomic E-state index is -2.99. The molecule has 0 atom stereocenters. The van der Waals surface area contributed by atoms with Crippen molar-refractivity contribution in [2.24, 2.45) is 7.05 Å². The predicted octanol–water partition coefficient (Wildman–Crippen LogP) is 5.11. The lowest BCUT2D eigenvalue weighted by Gasteiger charge is -2.13. The summed E-state index contributed by atoms with van der Waals surface area (Å²) in [5.41, 5.74) is 4.71. The lowest BCUT2D eigenvalue weighted by molar-refractivity contribution is -0.0512. The maximum Gasteiger partial charge on any atom is 0.387 e. The van der Waals surface area contributed by atoms with Crippen LogP contribution in [-0.2, 0) is 7.05 Å². The SMILES string of the molecule is COc1cc(NC(=O)c2cc(-c3c(C)nn(C)c3C)nc3ccccc23)ccc1OC(F)F. The van der Waals surface area contributed by atoms with Gasteiger partial charge in [0.25, 0.3) is 5.91 Å². The molecule has 0 aliphatic heterocycles. The molecule has 0 saturated heterocycles. The fourth-order valence-electron chi connectivity index (χ4n) is 3.77. The van der Waals surface area contributed by atoms with E-state index in [1.54, 1.807) is 10.7 Å². The molecule has 2 aromatic carbocycles. The Bertz CT molecular complexity index is 1350. The van der Waals surface area contributed by atoms with Gasteiger partial charge in [-0.25, -0.2) is 4.98 Å². The molecule has 0 bridgehead atoms. The Morgan fingerprint density at radius 2 is 1.85 bits per heavy atom. The van der Waals surface area contributed by atoms with E-state index >= 15 is 0 Å². The summed E-state index contributed by atoms with van der Waals surface area (Å²) in [5.74, 6) is -0.418. The molecule has 1 amide bonds. The van der Waals surface area contributed by atoms with Crippen molar-refractivity contribution in [2.75, 3.05) is 12.4 Å². The summed E-state index contributed by atoms with van der Waals surface area (Å²) in [6.45, 7) is 0.857. The van der Waals surface area contributed by atoms with Gasteiger partial charge in [-0.05, 0) is 38.1 Å². The van der Waals surface area contributed by atoms with Gasteiger partial charge in [0.2, 0.25) is 0 Å². The van der Waals surface area contributed by atoms with Crippen molar-refractivity contribution < 1.29 is 23.0 Å². The third-order valence-corrected chi connectivity index (χ3v) is 5.36. The molecule has 2 heterocycles. The minimum absolute atomic E-state index is 0.0787. The van der Waals surface area contributed by atoms with Crippen LogP contribution in [0.4, 0.5) is 14.5 Å². The molecule has 2 aromatic heterocycles. The number of nitrogens with zero attached hydrogens (tertiary/aromatic N) is 3. The van der Waals surface area contributed by atoms with E-state index in [0.717, 1.165) is 17.0 Å². The quantitative estimate of drug-likeness (QED) is 0.440. The molecule has 0 saturated carbocycles. The van der Waals surface area contributed by atoms with Gasteiger partial charge in [0.15, 0.2) is 11.5 Å². The van der Waals surface area contributed by atoms with Gasteiger partial charge in [-0.3, -0.25) is 9.48 Å². The molecule has 0 unspecified atom stereocenters. The smallest absolute Gasteiger partial charge is 0.387 e. The lowest BCUT2D eigenvalue weighted by atomic mass is 10.0. The highest BCUT2D eigenvalue weighted by Crippen LogP contribution is 2.33. The molecule has 170 valence electrons. The normalized spacial score (nSPS) is 11.1. The Balaban J connectivity index is 1.75. The maximum atomic E-state index is 13.3. The number of hydrogen-bond acceptors (Lipinski definition) is 5. The van der Waals surface area contributed by atoms with Crippen LogP contribution in [0.5, 0.6) is 11.5 Å². The van der Waals surface area contributed by atoms with Crippen LogP contribution in [0.1, 0.15) is 21.7 Å². The summed E-state index contributed by atoms with van der Waals surface area (Å²) in [5, 5.41) is 7.95. The van der Waals surface area contributed by atoms with E-state index in [-0.39, 0.29) is 17.4 Å². The third kappa shape index (κ3) is 4.34. The summed E-state index contributed by atoms with van der Waals surface area (Å²) >= 11 is 0. The van der Waals surface area contributed by atoms with Crippen molar-refractivity contribution >= 4 is 22.5 Å². The van der Waals surface area contributed by atoms with Crippen molar-refractivity contribution in [1.29, 1.82) is 0 Å². The molecule has 0 aliphatic rings. The van der Waals surface area contributed by atoms with Crippen LogP contribution in [0.3, 0.4) is 0 Å². The number of pyridine rings is 1. The first kappa shape index (κ1) is 22.2. The predicted molar refractivity (Wildman–Crippen MR) is 121 cm³/mol. The molecule has 0 radical (unpaired) electrons. The summed E-state index contributed by atoms with van der Waals surface area (Å²) in [6.07, 6.45) is 0. The van der Waals surface area contributed by atoms with Crippen molar-refractivity contribution in [3.8, 4) is 22.8 Å². The van der Waals surface area contributed by atoms with E-state index in [2.05, 4.69) is 15.2 Å². The molecule has 33 heavy (non-hydrogen) atoms. The molecule has 7 nitrogen and oxygen atoms in total. The van der Waals surface area contributed by atoms with Crippen LogP contribution >= 0.6 is 0 Å². The number of carbonyl (C=O) groups excluding carboxylic acids is 1. The Labute approximate surface area is 189 Å². The Morgan fingerprint density at radius 3 is 2.52 bits per heavy atom. The van der Waals surface area contributed by atoms with Crippen molar-refractivity contribution in [2.45, 2.75) is 20.5 Å². The van der Waals surface area contributed by atoms with Crippen LogP contribution in [0.15, 0.2) is 48.5 Å². The second-order valence-corrected chi connectivity index (χ2v) is 7.44. The fourth-order valence-corrected chi connectivity index (χ4v) is 3.77. The summed E-state index contributed by atoms with van der Waals surface area (Å²) in [6, 6.07) is 13.3. The second-order valence-electron chi connectivity index (χ2n) is 7.44. The average Bonchev–Trinajstić information content (AvgIpc) is 3.04. The van der Waals surface area contributed by atoms with Gasteiger partial charge in [0.1, 0.15) is 0 Å². The standard InChI is InChI=1S/C24H22F2N4O3/c1-13-22(14(2)30(3)29-13)19-12-17(16-7-5-6-8-18(16)28-19)23(31)27-15-9-10-20(33-24(25)26)21(11-15)32-4/h5-12,24H,1-4H3,(H,27,31). The van der Waals surface area contributed by atoms with E-state index in [1.165, 1.54) is 25.3 Å². The monoisotopic (exact) mass is 452 g/mol. The zero-order valence-electron chi connectivity index (χ0n) is 18.5. The van der Waals surface area contributed by atoms with E-state index in [1.807, 2.05) is 45.2 Å². The van der Waals surface area contributed by atoms with Gasteiger partial charge in [-0.1, -0.05) is 18.2 Å². The highest BCUT2D eigenvalue weighted by atomic mass is 19.3. The van der Waals surface area contributed by atoms with Crippen LogP contribution in [-0.4, -0.2) is 34.4 Å². The number of fused-ring (bicyclic) bond motifs is 1. The summed E-state index contributed by atoms with van der Waals surface area (Å²) < 4.78 is 36.5. The number of nitrogens with one attached hydrogen (secondary N) is 1. The van der Waals surface area contributed by atoms with Gasteiger partial charge < -0.3 is 14.8 Å². The fraction of sp³-hybridized carbons (Fsp3) is 0.208. The van der Waals surface area contributed by atoms with Crippen LogP contribution in [0, 0.1) is 13.8 Å². The van der Waals surface area contributed by atoms with Crippen LogP contribution in [0.25, 0.3) is 22.2 Å². The third-order valence-electron chi connectivity index (χ3n) is 5.36. The highest BCUT2D eigenvalue weighted by molar-refractivity contribution is 6.13. The molecular weight excluding hydrogens is 430 g/mol. The number of methoxy groups -OCH3 is 1. The molecule has 4 aromatic rings. The number of benzene rings is 2. The molecule has 1 N–H and O–H groups in total. The zero-order chi connectivity index (χ0) is 23.7. The van der Waals surface area contributed by atoms with E-state index in [9.17, 15) is 13.6 Å². The van der Waals surface area contributed by atoms with Crippen molar-refractivity contribution in [3.05, 3.63) is 65.5 Å². The molecule has 4 rings (SSSR count). The van der Waals surface area contributed by atoms with Crippen LogP contribution < -0.4 is 14.8 Å².